The van der Waals surface area contributed by atoms with Crippen LogP contribution in [-0.2, 0) is 9.53 Å². The average molecular weight is 172 g/mol. The van der Waals surface area contributed by atoms with E-state index in [1.807, 2.05) is 0 Å². The zero-order chi connectivity index (χ0) is 8.97. The summed E-state index contributed by atoms with van der Waals surface area (Å²) < 4.78 is 5.04. The van der Waals surface area contributed by atoms with E-state index in [4.69, 9.17) is 10.5 Å². The number of ether oxygens (including phenoxy) is 1. The lowest BCUT2D eigenvalue weighted by Crippen LogP contribution is -2.32. The van der Waals surface area contributed by atoms with Gasteiger partial charge in [-0.15, -0.1) is 0 Å². The third kappa shape index (κ3) is 2.79. The van der Waals surface area contributed by atoms with Gasteiger partial charge in [0, 0.05) is 13.7 Å². The number of primary amides is 1. The highest BCUT2D eigenvalue weighted by Crippen LogP contribution is 2.15. The molecule has 0 spiro atoms. The molecule has 70 valence electrons. The Morgan fingerprint density at radius 2 is 2.50 bits per heavy atom. The van der Waals surface area contributed by atoms with Crippen LogP contribution in [0.3, 0.4) is 0 Å². The standard InChI is InChI=1S/C8H16N2O2/c1-12-6-7-2-3-10(4-7)5-8(9)11/h7H,2-6H2,1H3,(H2,9,11). The molecule has 0 aromatic rings. The molecule has 0 aliphatic carbocycles. The summed E-state index contributed by atoms with van der Waals surface area (Å²) in [6, 6.07) is 0. The van der Waals surface area contributed by atoms with Crippen molar-refractivity contribution in [2.45, 2.75) is 6.42 Å². The van der Waals surface area contributed by atoms with Gasteiger partial charge in [-0.1, -0.05) is 0 Å². The van der Waals surface area contributed by atoms with Crippen LogP contribution in [0, 0.1) is 5.92 Å². The Balaban J connectivity index is 2.21. The van der Waals surface area contributed by atoms with Gasteiger partial charge in [0.1, 0.15) is 0 Å². The third-order valence-corrected chi connectivity index (χ3v) is 2.15. The summed E-state index contributed by atoms with van der Waals surface area (Å²) in [4.78, 5) is 12.6. The zero-order valence-electron chi connectivity index (χ0n) is 7.45. The first kappa shape index (κ1) is 9.48. The largest absolute Gasteiger partial charge is 0.384 e. The first-order valence-electron chi connectivity index (χ1n) is 4.22. The van der Waals surface area contributed by atoms with Crippen LogP contribution in [0.5, 0.6) is 0 Å². The molecule has 1 fully saturated rings. The van der Waals surface area contributed by atoms with Crippen LogP contribution >= 0.6 is 0 Å². The van der Waals surface area contributed by atoms with Crippen molar-refractivity contribution in [1.82, 2.24) is 4.90 Å². The second-order valence-electron chi connectivity index (χ2n) is 3.31. The van der Waals surface area contributed by atoms with Crippen molar-refractivity contribution < 1.29 is 9.53 Å². The number of nitrogens with two attached hydrogens (primary N) is 1. The maximum atomic E-state index is 10.6. The normalized spacial score (nSPS) is 24.6. The summed E-state index contributed by atoms with van der Waals surface area (Å²) in [6.45, 7) is 3.09. The van der Waals surface area contributed by atoms with Gasteiger partial charge in [0.15, 0.2) is 0 Å². The number of methoxy groups -OCH3 is 1. The number of carbonyl (C=O) groups is 1. The minimum absolute atomic E-state index is 0.243. The van der Waals surface area contributed by atoms with E-state index in [1.165, 1.54) is 0 Å². The monoisotopic (exact) mass is 172 g/mol. The lowest BCUT2D eigenvalue weighted by Gasteiger charge is -2.12. The molecule has 0 radical (unpaired) electrons. The predicted molar refractivity (Wildman–Crippen MR) is 45.6 cm³/mol. The molecule has 1 aliphatic heterocycles. The fraction of sp³-hybridized carbons (Fsp3) is 0.875. The van der Waals surface area contributed by atoms with E-state index in [2.05, 4.69) is 4.90 Å². The van der Waals surface area contributed by atoms with Gasteiger partial charge in [0.25, 0.3) is 0 Å². The molecule has 0 saturated carbocycles. The van der Waals surface area contributed by atoms with Crippen molar-refractivity contribution in [3.63, 3.8) is 0 Å². The number of rotatable bonds is 4. The van der Waals surface area contributed by atoms with Crippen molar-refractivity contribution in [1.29, 1.82) is 0 Å². The highest BCUT2D eigenvalue weighted by molar-refractivity contribution is 5.75. The maximum Gasteiger partial charge on any atom is 0.231 e. The molecule has 0 bridgehead atoms. The van der Waals surface area contributed by atoms with Crippen molar-refractivity contribution in [2.75, 3.05) is 33.4 Å². The van der Waals surface area contributed by atoms with E-state index in [-0.39, 0.29) is 5.91 Å². The first-order chi connectivity index (χ1) is 5.72. The molecule has 12 heavy (non-hydrogen) atoms. The van der Waals surface area contributed by atoms with Crippen LogP contribution in [0.2, 0.25) is 0 Å². The van der Waals surface area contributed by atoms with Crippen LogP contribution in [0.4, 0.5) is 0 Å². The van der Waals surface area contributed by atoms with E-state index in [1.54, 1.807) is 7.11 Å². The average Bonchev–Trinajstić information content (AvgIpc) is 2.36. The molecule has 0 aromatic carbocycles. The molecule has 1 saturated heterocycles. The summed E-state index contributed by atoms with van der Waals surface area (Å²) in [5.41, 5.74) is 5.08. The summed E-state index contributed by atoms with van der Waals surface area (Å²) in [7, 11) is 1.71. The Bertz CT molecular complexity index is 161. The number of nitrogens with zero attached hydrogens (tertiary/aromatic N) is 1. The molecule has 1 atom stereocenters. The van der Waals surface area contributed by atoms with Gasteiger partial charge in [0.05, 0.1) is 13.2 Å². The smallest absolute Gasteiger partial charge is 0.231 e. The summed E-state index contributed by atoms with van der Waals surface area (Å²) in [5.74, 6) is 0.336. The third-order valence-electron chi connectivity index (χ3n) is 2.15. The maximum absolute atomic E-state index is 10.6. The Morgan fingerprint density at radius 1 is 1.75 bits per heavy atom. The van der Waals surface area contributed by atoms with Crippen LogP contribution in [0.25, 0.3) is 0 Å². The first-order valence-corrected chi connectivity index (χ1v) is 4.22. The van der Waals surface area contributed by atoms with E-state index in [0.29, 0.717) is 12.5 Å². The van der Waals surface area contributed by atoms with E-state index < -0.39 is 0 Å². The van der Waals surface area contributed by atoms with Gasteiger partial charge in [-0.2, -0.15) is 0 Å². The van der Waals surface area contributed by atoms with Crippen molar-refractivity contribution >= 4 is 5.91 Å². The molecule has 1 rings (SSSR count). The second kappa shape index (κ2) is 4.42. The molecular formula is C8H16N2O2. The number of likely N-dealkylation sites (tertiary alicyclic amines) is 1. The van der Waals surface area contributed by atoms with Crippen LogP contribution in [-0.4, -0.2) is 44.2 Å². The van der Waals surface area contributed by atoms with E-state index in [9.17, 15) is 4.79 Å². The lowest BCUT2D eigenvalue weighted by atomic mass is 10.1. The highest BCUT2D eigenvalue weighted by atomic mass is 16.5. The molecule has 1 amide bonds. The number of hydrogen-bond acceptors (Lipinski definition) is 3. The molecule has 1 aliphatic rings. The predicted octanol–water partition coefficient (Wildman–Crippen LogP) is -0.560. The Hall–Kier alpha value is -0.610. The van der Waals surface area contributed by atoms with Gasteiger partial charge < -0.3 is 10.5 Å². The van der Waals surface area contributed by atoms with Gasteiger partial charge in [-0.3, -0.25) is 9.69 Å². The summed E-state index contributed by atoms with van der Waals surface area (Å²) in [5, 5.41) is 0. The second-order valence-corrected chi connectivity index (χ2v) is 3.31. The van der Waals surface area contributed by atoms with Crippen molar-refractivity contribution in [3.8, 4) is 0 Å². The lowest BCUT2D eigenvalue weighted by molar-refractivity contribution is -0.118. The molecule has 1 heterocycles. The number of hydrogen-bond donors (Lipinski definition) is 1. The Labute approximate surface area is 72.7 Å². The topological polar surface area (TPSA) is 55.6 Å². The van der Waals surface area contributed by atoms with Crippen molar-refractivity contribution in [2.24, 2.45) is 11.7 Å². The van der Waals surface area contributed by atoms with E-state index >= 15 is 0 Å². The quantitative estimate of drug-likeness (QED) is 0.618. The van der Waals surface area contributed by atoms with Crippen LogP contribution in [0.1, 0.15) is 6.42 Å². The van der Waals surface area contributed by atoms with Crippen molar-refractivity contribution in [3.05, 3.63) is 0 Å². The molecule has 4 heteroatoms. The Kier molecular flexibility index (Phi) is 3.49. The highest BCUT2D eigenvalue weighted by Gasteiger charge is 2.22. The fourth-order valence-corrected chi connectivity index (χ4v) is 1.65. The molecule has 4 nitrogen and oxygen atoms in total. The van der Waals surface area contributed by atoms with Crippen LogP contribution < -0.4 is 5.73 Å². The van der Waals surface area contributed by atoms with Gasteiger partial charge in [0.2, 0.25) is 5.91 Å². The Morgan fingerprint density at radius 3 is 3.08 bits per heavy atom. The number of carbonyl (C=O) groups excluding carboxylic acids is 1. The van der Waals surface area contributed by atoms with Crippen LogP contribution in [0.15, 0.2) is 0 Å². The van der Waals surface area contributed by atoms with Gasteiger partial charge in [-0.05, 0) is 18.9 Å². The number of amides is 1. The minimum Gasteiger partial charge on any atom is -0.384 e. The fourth-order valence-electron chi connectivity index (χ4n) is 1.65. The molecule has 2 N–H and O–H groups in total. The summed E-state index contributed by atoms with van der Waals surface area (Å²) in [6.07, 6.45) is 1.11. The van der Waals surface area contributed by atoms with E-state index in [0.717, 1.165) is 26.1 Å². The SMILES string of the molecule is COCC1CCN(CC(N)=O)C1. The van der Waals surface area contributed by atoms with Gasteiger partial charge >= 0.3 is 0 Å². The summed E-state index contributed by atoms with van der Waals surface area (Å²) >= 11 is 0. The molecular weight excluding hydrogens is 156 g/mol. The minimum atomic E-state index is -0.243. The van der Waals surface area contributed by atoms with Gasteiger partial charge in [-0.25, -0.2) is 0 Å². The molecule has 1 unspecified atom stereocenters. The molecule has 0 aromatic heterocycles. The zero-order valence-corrected chi connectivity index (χ0v) is 7.45.